The van der Waals surface area contributed by atoms with Crippen LogP contribution in [0.5, 0.6) is 0 Å². The number of alkyl carbamates (subject to hydrolysis) is 1. The zero-order chi connectivity index (χ0) is 18.5. The van der Waals surface area contributed by atoms with Gasteiger partial charge in [-0.05, 0) is 70.8 Å². The van der Waals surface area contributed by atoms with Crippen LogP contribution in [0.1, 0.15) is 46.1 Å². The molecule has 2 amide bonds. The molecule has 1 aromatic carbocycles. The molecule has 0 aromatic heterocycles. The van der Waals surface area contributed by atoms with E-state index in [-0.39, 0.29) is 5.91 Å². The van der Waals surface area contributed by atoms with Crippen molar-refractivity contribution in [3.63, 3.8) is 0 Å². The molecule has 1 fully saturated rings. The standard InChI is InChI=1S/C19H29N3O3/c1-5-14-6-8-15(9-7-14)21-16(23)19(10-12-20-13-11-19)22-17(24)25-18(2,3)4/h6-9,20H,5,10-13H2,1-4H3,(H,21,23)(H,22,24). The largest absolute Gasteiger partial charge is 0.444 e. The number of amides is 2. The van der Waals surface area contributed by atoms with Gasteiger partial charge in [0.05, 0.1) is 0 Å². The molecule has 1 heterocycles. The number of carbonyl (C=O) groups excluding carboxylic acids is 2. The minimum atomic E-state index is -0.961. The van der Waals surface area contributed by atoms with Crippen LogP contribution in [-0.4, -0.2) is 36.2 Å². The number of benzene rings is 1. The van der Waals surface area contributed by atoms with E-state index >= 15 is 0 Å². The highest BCUT2D eigenvalue weighted by atomic mass is 16.6. The van der Waals surface area contributed by atoms with E-state index in [1.54, 1.807) is 20.8 Å². The fourth-order valence-electron chi connectivity index (χ4n) is 2.84. The van der Waals surface area contributed by atoms with Crippen LogP contribution in [0.15, 0.2) is 24.3 Å². The average molecular weight is 347 g/mol. The topological polar surface area (TPSA) is 79.5 Å². The van der Waals surface area contributed by atoms with Gasteiger partial charge in [0.2, 0.25) is 5.91 Å². The van der Waals surface area contributed by atoms with E-state index in [2.05, 4.69) is 22.9 Å². The van der Waals surface area contributed by atoms with Crippen molar-refractivity contribution < 1.29 is 14.3 Å². The molecule has 138 valence electrons. The predicted octanol–water partition coefficient (Wildman–Crippen LogP) is 2.83. The molecular formula is C19H29N3O3. The number of hydrogen-bond acceptors (Lipinski definition) is 4. The fraction of sp³-hybridized carbons (Fsp3) is 0.579. The Morgan fingerprint density at radius 1 is 1.16 bits per heavy atom. The third kappa shape index (κ3) is 5.46. The summed E-state index contributed by atoms with van der Waals surface area (Å²) in [6, 6.07) is 7.76. The van der Waals surface area contributed by atoms with Gasteiger partial charge in [0.1, 0.15) is 11.1 Å². The van der Waals surface area contributed by atoms with Crippen molar-refractivity contribution in [2.75, 3.05) is 18.4 Å². The first kappa shape index (κ1) is 19.2. The van der Waals surface area contributed by atoms with Crippen LogP contribution in [0.3, 0.4) is 0 Å². The van der Waals surface area contributed by atoms with Crippen molar-refractivity contribution in [2.45, 2.75) is 58.1 Å². The zero-order valence-electron chi connectivity index (χ0n) is 15.6. The summed E-state index contributed by atoms with van der Waals surface area (Å²) in [5, 5.41) is 8.98. The lowest BCUT2D eigenvalue weighted by atomic mass is 9.87. The molecule has 1 aromatic rings. The number of piperidine rings is 1. The number of carbonyl (C=O) groups is 2. The first-order chi connectivity index (χ1) is 11.7. The summed E-state index contributed by atoms with van der Waals surface area (Å²) in [5.41, 5.74) is 0.370. The molecular weight excluding hydrogens is 318 g/mol. The molecule has 1 aliphatic heterocycles. The molecule has 6 heteroatoms. The van der Waals surface area contributed by atoms with Gasteiger partial charge < -0.3 is 20.7 Å². The highest BCUT2D eigenvalue weighted by molar-refractivity contribution is 6.00. The number of aryl methyl sites for hydroxylation is 1. The van der Waals surface area contributed by atoms with E-state index in [9.17, 15) is 9.59 Å². The van der Waals surface area contributed by atoms with Gasteiger partial charge in [0, 0.05) is 5.69 Å². The summed E-state index contributed by atoms with van der Waals surface area (Å²) in [4.78, 5) is 25.2. The SMILES string of the molecule is CCc1ccc(NC(=O)C2(NC(=O)OC(C)(C)C)CCNCC2)cc1. The Morgan fingerprint density at radius 3 is 2.28 bits per heavy atom. The predicted molar refractivity (Wildman–Crippen MR) is 98.7 cm³/mol. The van der Waals surface area contributed by atoms with Crippen LogP contribution in [0.4, 0.5) is 10.5 Å². The van der Waals surface area contributed by atoms with Crippen molar-refractivity contribution in [1.82, 2.24) is 10.6 Å². The second-order valence-corrected chi connectivity index (χ2v) is 7.46. The van der Waals surface area contributed by atoms with Crippen LogP contribution in [0.2, 0.25) is 0 Å². The van der Waals surface area contributed by atoms with E-state index in [4.69, 9.17) is 4.74 Å². The normalized spacial score (nSPS) is 16.8. The number of rotatable bonds is 4. The monoisotopic (exact) mass is 347 g/mol. The van der Waals surface area contributed by atoms with E-state index in [1.165, 1.54) is 5.56 Å². The van der Waals surface area contributed by atoms with Gasteiger partial charge in [0.15, 0.2) is 0 Å². The van der Waals surface area contributed by atoms with Crippen LogP contribution in [0, 0.1) is 0 Å². The van der Waals surface area contributed by atoms with Crippen molar-refractivity contribution >= 4 is 17.7 Å². The van der Waals surface area contributed by atoms with Gasteiger partial charge in [-0.15, -0.1) is 0 Å². The Morgan fingerprint density at radius 2 is 1.76 bits per heavy atom. The first-order valence-electron chi connectivity index (χ1n) is 8.86. The molecule has 0 bridgehead atoms. The highest BCUT2D eigenvalue weighted by Crippen LogP contribution is 2.22. The maximum atomic E-state index is 12.9. The molecule has 0 radical (unpaired) electrons. The summed E-state index contributed by atoms with van der Waals surface area (Å²) >= 11 is 0. The number of anilines is 1. The average Bonchev–Trinajstić information content (AvgIpc) is 2.54. The molecule has 1 aliphatic rings. The Balaban J connectivity index is 2.11. The number of nitrogens with one attached hydrogen (secondary N) is 3. The Labute approximate surface area is 149 Å². The molecule has 3 N–H and O–H groups in total. The quantitative estimate of drug-likeness (QED) is 0.782. The van der Waals surface area contributed by atoms with Gasteiger partial charge in [-0.1, -0.05) is 19.1 Å². The van der Waals surface area contributed by atoms with Crippen molar-refractivity contribution in [3.8, 4) is 0 Å². The maximum absolute atomic E-state index is 12.9. The summed E-state index contributed by atoms with van der Waals surface area (Å²) in [6.45, 7) is 8.82. The van der Waals surface area contributed by atoms with E-state index in [1.807, 2.05) is 24.3 Å². The van der Waals surface area contributed by atoms with Crippen molar-refractivity contribution in [2.24, 2.45) is 0 Å². The fourth-order valence-corrected chi connectivity index (χ4v) is 2.84. The third-order valence-corrected chi connectivity index (χ3v) is 4.25. The molecule has 1 saturated heterocycles. The lowest BCUT2D eigenvalue weighted by molar-refractivity contribution is -0.123. The van der Waals surface area contributed by atoms with Gasteiger partial charge >= 0.3 is 6.09 Å². The minimum absolute atomic E-state index is 0.205. The van der Waals surface area contributed by atoms with Crippen LogP contribution < -0.4 is 16.0 Å². The molecule has 0 unspecified atom stereocenters. The molecule has 25 heavy (non-hydrogen) atoms. The summed E-state index contributed by atoms with van der Waals surface area (Å²) in [6.07, 6.45) is 1.42. The lowest BCUT2D eigenvalue weighted by Crippen LogP contribution is -2.61. The molecule has 2 rings (SSSR count). The minimum Gasteiger partial charge on any atom is -0.444 e. The molecule has 0 aliphatic carbocycles. The molecule has 0 saturated carbocycles. The summed E-state index contributed by atoms with van der Waals surface area (Å²) in [5.74, 6) is -0.205. The lowest BCUT2D eigenvalue weighted by Gasteiger charge is -2.37. The molecule has 0 atom stereocenters. The zero-order valence-corrected chi connectivity index (χ0v) is 15.6. The highest BCUT2D eigenvalue weighted by Gasteiger charge is 2.42. The van der Waals surface area contributed by atoms with E-state index in [0.717, 1.165) is 12.1 Å². The van der Waals surface area contributed by atoms with E-state index < -0.39 is 17.2 Å². The summed E-state index contributed by atoms with van der Waals surface area (Å²) < 4.78 is 5.35. The smallest absolute Gasteiger partial charge is 0.408 e. The van der Waals surface area contributed by atoms with Crippen molar-refractivity contribution in [3.05, 3.63) is 29.8 Å². The third-order valence-electron chi connectivity index (χ3n) is 4.25. The first-order valence-corrected chi connectivity index (χ1v) is 8.86. The van der Waals surface area contributed by atoms with Crippen LogP contribution in [-0.2, 0) is 16.0 Å². The van der Waals surface area contributed by atoms with Gasteiger partial charge in [-0.3, -0.25) is 4.79 Å². The van der Waals surface area contributed by atoms with Gasteiger partial charge in [0.25, 0.3) is 0 Å². The number of hydrogen-bond donors (Lipinski definition) is 3. The van der Waals surface area contributed by atoms with Crippen LogP contribution >= 0.6 is 0 Å². The molecule has 0 spiro atoms. The second kappa shape index (κ2) is 7.87. The second-order valence-electron chi connectivity index (χ2n) is 7.46. The molecule has 6 nitrogen and oxygen atoms in total. The van der Waals surface area contributed by atoms with Gasteiger partial charge in [-0.25, -0.2) is 4.79 Å². The Kier molecular flexibility index (Phi) is 6.06. The maximum Gasteiger partial charge on any atom is 0.408 e. The Hall–Kier alpha value is -2.08. The summed E-state index contributed by atoms with van der Waals surface area (Å²) in [7, 11) is 0. The number of ether oxygens (including phenoxy) is 1. The Bertz CT molecular complexity index is 599. The van der Waals surface area contributed by atoms with Gasteiger partial charge in [-0.2, -0.15) is 0 Å². The van der Waals surface area contributed by atoms with E-state index in [0.29, 0.717) is 25.9 Å². The van der Waals surface area contributed by atoms with Crippen LogP contribution in [0.25, 0.3) is 0 Å². The van der Waals surface area contributed by atoms with Crippen molar-refractivity contribution in [1.29, 1.82) is 0 Å².